The van der Waals surface area contributed by atoms with Gasteiger partial charge in [-0.15, -0.1) is 0 Å². The molecule has 104 valence electrons. The van der Waals surface area contributed by atoms with E-state index in [4.69, 9.17) is 4.74 Å². The number of hydrogen-bond acceptors (Lipinski definition) is 2. The van der Waals surface area contributed by atoms with Gasteiger partial charge in [0.15, 0.2) is 0 Å². The zero-order valence-corrected chi connectivity index (χ0v) is 11.9. The number of methoxy groups -OCH3 is 1. The quantitative estimate of drug-likeness (QED) is 0.775. The van der Waals surface area contributed by atoms with Crippen molar-refractivity contribution in [1.82, 2.24) is 5.32 Å². The van der Waals surface area contributed by atoms with Gasteiger partial charge in [0, 0.05) is 6.54 Å². The second-order valence-corrected chi connectivity index (χ2v) is 4.74. The first-order valence-electron chi connectivity index (χ1n) is 6.86. The molecule has 0 saturated carbocycles. The van der Waals surface area contributed by atoms with E-state index in [1.54, 1.807) is 7.11 Å². The van der Waals surface area contributed by atoms with Crippen molar-refractivity contribution in [3.8, 4) is 5.75 Å². The summed E-state index contributed by atoms with van der Waals surface area (Å²) >= 11 is 0. The van der Waals surface area contributed by atoms with Crippen LogP contribution in [0, 0.1) is 0 Å². The molecule has 0 aliphatic heterocycles. The van der Waals surface area contributed by atoms with Crippen molar-refractivity contribution in [3.05, 3.63) is 72.3 Å². The topological polar surface area (TPSA) is 21.3 Å². The third-order valence-electron chi connectivity index (χ3n) is 3.27. The van der Waals surface area contributed by atoms with Crippen molar-refractivity contribution in [2.45, 2.75) is 6.42 Å². The van der Waals surface area contributed by atoms with Crippen LogP contribution in [-0.2, 0) is 6.42 Å². The molecule has 0 bridgehead atoms. The normalized spacial score (nSPS) is 10.2. The molecule has 0 radical (unpaired) electrons. The van der Waals surface area contributed by atoms with Gasteiger partial charge in [-0.25, -0.2) is 0 Å². The zero-order valence-electron chi connectivity index (χ0n) is 11.9. The van der Waals surface area contributed by atoms with E-state index >= 15 is 0 Å². The Labute approximate surface area is 121 Å². The van der Waals surface area contributed by atoms with Crippen LogP contribution in [0.25, 0.3) is 5.57 Å². The summed E-state index contributed by atoms with van der Waals surface area (Å²) in [6, 6.07) is 18.5. The zero-order chi connectivity index (χ0) is 14.2. The van der Waals surface area contributed by atoms with Crippen molar-refractivity contribution in [2.75, 3.05) is 20.2 Å². The average Bonchev–Trinajstić information content (AvgIpc) is 2.53. The predicted octanol–water partition coefficient (Wildman–Crippen LogP) is 3.54. The lowest BCUT2D eigenvalue weighted by atomic mass is 10.1. The lowest BCUT2D eigenvalue weighted by Crippen LogP contribution is -2.19. The third kappa shape index (κ3) is 4.25. The van der Waals surface area contributed by atoms with Gasteiger partial charge < -0.3 is 10.1 Å². The van der Waals surface area contributed by atoms with Crippen LogP contribution in [0.1, 0.15) is 11.1 Å². The van der Waals surface area contributed by atoms with E-state index in [9.17, 15) is 0 Å². The molecule has 0 aromatic heterocycles. The van der Waals surface area contributed by atoms with Gasteiger partial charge in [-0.05, 0) is 41.8 Å². The van der Waals surface area contributed by atoms with Gasteiger partial charge in [0.1, 0.15) is 5.75 Å². The van der Waals surface area contributed by atoms with Crippen LogP contribution >= 0.6 is 0 Å². The number of rotatable bonds is 7. The van der Waals surface area contributed by atoms with Crippen molar-refractivity contribution in [2.24, 2.45) is 0 Å². The maximum absolute atomic E-state index is 5.15. The van der Waals surface area contributed by atoms with E-state index in [-0.39, 0.29) is 0 Å². The van der Waals surface area contributed by atoms with Gasteiger partial charge in [-0.1, -0.05) is 49.0 Å². The first-order valence-corrected chi connectivity index (χ1v) is 6.86. The molecule has 0 heterocycles. The minimum Gasteiger partial charge on any atom is -0.497 e. The lowest BCUT2D eigenvalue weighted by molar-refractivity contribution is 0.414. The van der Waals surface area contributed by atoms with Gasteiger partial charge >= 0.3 is 0 Å². The molecular weight excluding hydrogens is 246 g/mol. The molecule has 0 unspecified atom stereocenters. The second kappa shape index (κ2) is 7.51. The van der Waals surface area contributed by atoms with Crippen LogP contribution in [0.5, 0.6) is 5.75 Å². The first-order chi connectivity index (χ1) is 9.79. The number of benzene rings is 2. The van der Waals surface area contributed by atoms with Crippen LogP contribution in [0.15, 0.2) is 61.2 Å². The van der Waals surface area contributed by atoms with E-state index in [0.29, 0.717) is 0 Å². The third-order valence-corrected chi connectivity index (χ3v) is 3.27. The number of ether oxygens (including phenoxy) is 1. The molecule has 0 fully saturated rings. The standard InChI is InChI=1S/C18H21NO/c1-15(17-6-4-3-5-7-17)14-19-13-12-16-8-10-18(20-2)11-9-16/h3-11,19H,1,12-14H2,2H3. The highest BCUT2D eigenvalue weighted by Gasteiger charge is 1.98. The van der Waals surface area contributed by atoms with Crippen LogP contribution < -0.4 is 10.1 Å². The molecule has 20 heavy (non-hydrogen) atoms. The Morgan fingerprint density at radius 3 is 2.40 bits per heavy atom. The van der Waals surface area contributed by atoms with Crippen molar-refractivity contribution < 1.29 is 4.74 Å². The SMILES string of the molecule is C=C(CNCCc1ccc(OC)cc1)c1ccccc1. The van der Waals surface area contributed by atoms with Crippen LogP contribution in [0.3, 0.4) is 0 Å². The summed E-state index contributed by atoms with van der Waals surface area (Å²) in [6.07, 6.45) is 1.01. The summed E-state index contributed by atoms with van der Waals surface area (Å²) in [5.41, 5.74) is 3.63. The van der Waals surface area contributed by atoms with Gasteiger partial charge in [-0.2, -0.15) is 0 Å². The molecule has 2 aromatic carbocycles. The lowest BCUT2D eigenvalue weighted by Gasteiger charge is -2.08. The monoisotopic (exact) mass is 267 g/mol. The number of hydrogen-bond donors (Lipinski definition) is 1. The van der Waals surface area contributed by atoms with Gasteiger partial charge in [0.05, 0.1) is 7.11 Å². The van der Waals surface area contributed by atoms with Crippen LogP contribution in [-0.4, -0.2) is 20.2 Å². The fraction of sp³-hybridized carbons (Fsp3) is 0.222. The summed E-state index contributed by atoms with van der Waals surface area (Å²) in [4.78, 5) is 0. The molecule has 1 N–H and O–H groups in total. The van der Waals surface area contributed by atoms with E-state index in [0.717, 1.165) is 30.8 Å². The van der Waals surface area contributed by atoms with Crippen molar-refractivity contribution in [1.29, 1.82) is 0 Å². The van der Waals surface area contributed by atoms with Gasteiger partial charge in [-0.3, -0.25) is 0 Å². The minimum atomic E-state index is 0.820. The molecule has 0 aliphatic carbocycles. The molecule has 0 aliphatic rings. The van der Waals surface area contributed by atoms with E-state index < -0.39 is 0 Å². The molecule has 2 rings (SSSR count). The Morgan fingerprint density at radius 1 is 1.05 bits per heavy atom. The van der Waals surface area contributed by atoms with E-state index in [2.05, 4.69) is 36.2 Å². The highest BCUT2D eigenvalue weighted by atomic mass is 16.5. The first kappa shape index (κ1) is 14.4. The van der Waals surface area contributed by atoms with E-state index in [1.807, 2.05) is 30.3 Å². The molecule has 0 spiro atoms. The Kier molecular flexibility index (Phi) is 5.39. The Hall–Kier alpha value is -2.06. The Bertz CT molecular complexity index is 531. The van der Waals surface area contributed by atoms with Crippen molar-refractivity contribution in [3.63, 3.8) is 0 Å². The fourth-order valence-corrected chi connectivity index (χ4v) is 2.04. The summed E-state index contributed by atoms with van der Waals surface area (Å²) in [5, 5.41) is 3.43. The van der Waals surface area contributed by atoms with Gasteiger partial charge in [0.2, 0.25) is 0 Å². The summed E-state index contributed by atoms with van der Waals surface area (Å²) in [7, 11) is 1.69. The fourth-order valence-electron chi connectivity index (χ4n) is 2.04. The molecule has 0 amide bonds. The number of nitrogens with one attached hydrogen (secondary N) is 1. The van der Waals surface area contributed by atoms with Gasteiger partial charge in [0.25, 0.3) is 0 Å². The van der Waals surface area contributed by atoms with Crippen molar-refractivity contribution >= 4 is 5.57 Å². The molecule has 0 saturated heterocycles. The Morgan fingerprint density at radius 2 is 1.75 bits per heavy atom. The smallest absolute Gasteiger partial charge is 0.118 e. The molecule has 2 aromatic rings. The molecular formula is C18H21NO. The predicted molar refractivity (Wildman–Crippen MR) is 85.0 cm³/mol. The summed E-state index contributed by atoms with van der Waals surface area (Å²) in [5.74, 6) is 0.902. The average molecular weight is 267 g/mol. The molecule has 2 nitrogen and oxygen atoms in total. The largest absolute Gasteiger partial charge is 0.497 e. The summed E-state index contributed by atoms with van der Waals surface area (Å²) in [6.45, 7) is 5.88. The second-order valence-electron chi connectivity index (χ2n) is 4.74. The maximum atomic E-state index is 5.15. The van der Waals surface area contributed by atoms with E-state index in [1.165, 1.54) is 11.1 Å². The highest BCUT2D eigenvalue weighted by Crippen LogP contribution is 2.12. The maximum Gasteiger partial charge on any atom is 0.118 e. The van der Waals surface area contributed by atoms with Crippen LogP contribution in [0.4, 0.5) is 0 Å². The summed E-state index contributed by atoms with van der Waals surface area (Å²) < 4.78 is 5.15. The highest BCUT2D eigenvalue weighted by molar-refractivity contribution is 5.64. The molecule has 0 atom stereocenters. The Balaban J connectivity index is 1.72. The minimum absolute atomic E-state index is 0.820. The van der Waals surface area contributed by atoms with Crippen LogP contribution in [0.2, 0.25) is 0 Å². The molecule has 2 heteroatoms.